The number of nitrogens with zero attached hydrogens (tertiary/aromatic N) is 1. The van der Waals surface area contributed by atoms with Crippen LogP contribution in [0.2, 0.25) is 0 Å². The molecule has 1 aliphatic heterocycles. The highest BCUT2D eigenvalue weighted by Gasteiger charge is 2.90. The number of rotatable bonds is 12. The first-order valence-electron chi connectivity index (χ1n) is 11.8. The molecule has 40 heavy (non-hydrogen) atoms. The summed E-state index contributed by atoms with van der Waals surface area (Å²) in [6.45, 7) is 2.57. The third-order valence-electron chi connectivity index (χ3n) is 6.94. The zero-order valence-corrected chi connectivity index (χ0v) is 20.8. The molecule has 2 amide bonds. The lowest BCUT2D eigenvalue weighted by Gasteiger charge is -2.39. The minimum atomic E-state index is -7.94. The molecule has 0 spiro atoms. The maximum atomic E-state index is 14.0. The summed E-state index contributed by atoms with van der Waals surface area (Å²) in [5.74, 6) is -40.4. The average Bonchev–Trinajstić information content (AvgIpc) is 3.04. The summed E-state index contributed by atoms with van der Waals surface area (Å²) in [6.07, 6.45) is -11.5. The fourth-order valence-electron chi connectivity index (χ4n) is 4.34. The van der Waals surface area contributed by atoms with Gasteiger partial charge in [0.1, 0.15) is 0 Å². The second-order valence-corrected chi connectivity index (χ2v) is 9.73. The van der Waals surface area contributed by atoms with Gasteiger partial charge in [0.25, 0.3) is 0 Å². The molecule has 0 aromatic heterocycles. The summed E-state index contributed by atoms with van der Waals surface area (Å²) in [5, 5.41) is 0. The van der Waals surface area contributed by atoms with Crippen molar-refractivity contribution >= 4 is 11.8 Å². The molecule has 2 rings (SSSR count). The van der Waals surface area contributed by atoms with E-state index in [4.69, 9.17) is 0 Å². The number of hydrogen-bond donors (Lipinski definition) is 0. The van der Waals surface area contributed by atoms with Crippen LogP contribution in [-0.2, 0) is 9.59 Å². The summed E-state index contributed by atoms with van der Waals surface area (Å²) in [5.41, 5.74) is 0.854. The Bertz CT molecular complexity index is 1060. The summed E-state index contributed by atoms with van der Waals surface area (Å²) >= 11 is 0. The third kappa shape index (κ3) is 5.63. The van der Waals surface area contributed by atoms with Crippen LogP contribution in [0.1, 0.15) is 51.0 Å². The van der Waals surface area contributed by atoms with E-state index < -0.39 is 85.2 Å². The third-order valence-corrected chi connectivity index (χ3v) is 6.94. The van der Waals surface area contributed by atoms with Crippen LogP contribution in [0.25, 0.3) is 0 Å². The second kappa shape index (κ2) is 11.0. The minimum absolute atomic E-state index is 0.184. The van der Waals surface area contributed by atoms with Crippen molar-refractivity contribution in [1.29, 1.82) is 0 Å². The predicted octanol–water partition coefficient (Wildman–Crippen LogP) is 7.71. The Morgan fingerprint density at radius 3 is 1.73 bits per heavy atom. The molecule has 0 N–H and O–H groups in total. The molecule has 1 saturated heterocycles. The van der Waals surface area contributed by atoms with Crippen LogP contribution in [0.3, 0.4) is 0 Å². The fraction of sp³-hybridized carbons (Fsp3) is 0.667. The molecule has 3 nitrogen and oxygen atoms in total. The molecule has 228 valence electrons. The van der Waals surface area contributed by atoms with E-state index >= 15 is 0 Å². The fourth-order valence-corrected chi connectivity index (χ4v) is 4.34. The van der Waals surface area contributed by atoms with Gasteiger partial charge in [0.05, 0.1) is 5.92 Å². The number of halogens is 13. The lowest BCUT2D eigenvalue weighted by molar-refractivity contribution is -0.440. The second-order valence-electron chi connectivity index (χ2n) is 9.73. The summed E-state index contributed by atoms with van der Waals surface area (Å²) in [6, 6.07) is 8.83. The average molecular weight is 605 g/mol. The van der Waals surface area contributed by atoms with Crippen LogP contribution in [0, 0.1) is 11.8 Å². The monoisotopic (exact) mass is 605 g/mol. The van der Waals surface area contributed by atoms with Crippen molar-refractivity contribution in [2.45, 2.75) is 81.2 Å². The van der Waals surface area contributed by atoms with Crippen LogP contribution in [0.4, 0.5) is 57.1 Å². The van der Waals surface area contributed by atoms with E-state index in [-0.39, 0.29) is 12.3 Å². The topological polar surface area (TPSA) is 37.4 Å². The Morgan fingerprint density at radius 2 is 1.23 bits per heavy atom. The Kier molecular flexibility index (Phi) is 9.28. The highest BCUT2D eigenvalue weighted by atomic mass is 19.4. The molecule has 1 aromatic carbocycles. The van der Waals surface area contributed by atoms with Crippen LogP contribution >= 0.6 is 0 Å². The van der Waals surface area contributed by atoms with Gasteiger partial charge in [-0.25, -0.2) is 0 Å². The molecule has 1 aromatic rings. The van der Waals surface area contributed by atoms with Gasteiger partial charge in [0.15, 0.2) is 0 Å². The number of carbonyl (C=O) groups excluding carboxylic acids is 2. The first kappa shape index (κ1) is 33.7. The Balaban J connectivity index is 2.07. The van der Waals surface area contributed by atoms with E-state index in [1.807, 2.05) is 0 Å². The molecule has 16 heteroatoms. The number of imide groups is 1. The van der Waals surface area contributed by atoms with Gasteiger partial charge >= 0.3 is 35.8 Å². The van der Waals surface area contributed by atoms with Gasteiger partial charge < -0.3 is 0 Å². The number of alkyl halides is 13. The Labute approximate surface area is 219 Å². The quantitative estimate of drug-likeness (QED) is 0.139. The summed E-state index contributed by atoms with van der Waals surface area (Å²) in [7, 11) is 0. The number of benzene rings is 1. The zero-order chi connectivity index (χ0) is 31.1. The summed E-state index contributed by atoms with van der Waals surface area (Å²) in [4.78, 5) is 25.9. The molecule has 3 atom stereocenters. The minimum Gasteiger partial charge on any atom is -0.282 e. The molecule has 1 heterocycles. The first-order valence-corrected chi connectivity index (χ1v) is 11.8. The largest absolute Gasteiger partial charge is 0.460 e. The molecule has 1 aliphatic rings. The highest BCUT2D eigenvalue weighted by molar-refractivity contribution is 6.04. The molecule has 0 bridgehead atoms. The highest BCUT2D eigenvalue weighted by Crippen LogP contribution is 2.60. The molecule has 0 saturated carbocycles. The van der Waals surface area contributed by atoms with Crippen molar-refractivity contribution < 1.29 is 66.7 Å². The number of unbranched alkanes of at least 4 members (excludes halogenated alkanes) is 1. The lowest BCUT2D eigenvalue weighted by atomic mass is 9.85. The molecule has 0 aliphatic carbocycles. The van der Waals surface area contributed by atoms with E-state index in [1.165, 1.54) is 6.92 Å². The lowest BCUT2D eigenvalue weighted by Crippen LogP contribution is -2.70. The van der Waals surface area contributed by atoms with E-state index in [1.54, 1.807) is 37.3 Å². The van der Waals surface area contributed by atoms with Gasteiger partial charge in [0.2, 0.25) is 11.8 Å². The van der Waals surface area contributed by atoms with E-state index in [0.29, 0.717) is 4.90 Å². The van der Waals surface area contributed by atoms with Crippen LogP contribution < -0.4 is 0 Å². The van der Waals surface area contributed by atoms with E-state index in [2.05, 4.69) is 0 Å². The predicted molar refractivity (Wildman–Crippen MR) is 113 cm³/mol. The van der Waals surface area contributed by atoms with Gasteiger partial charge in [-0.1, -0.05) is 44.2 Å². The van der Waals surface area contributed by atoms with Crippen molar-refractivity contribution in [3.05, 3.63) is 35.9 Å². The Hall–Kier alpha value is -2.55. The smallest absolute Gasteiger partial charge is 0.282 e. The molecule has 3 unspecified atom stereocenters. The summed E-state index contributed by atoms with van der Waals surface area (Å²) < 4.78 is 172. The van der Waals surface area contributed by atoms with Crippen LogP contribution in [-0.4, -0.2) is 59.0 Å². The number of carbonyl (C=O) groups is 2. The van der Waals surface area contributed by atoms with Crippen LogP contribution in [0.15, 0.2) is 30.3 Å². The normalized spacial score (nSPS) is 20.8. The molecule has 1 fully saturated rings. The van der Waals surface area contributed by atoms with Gasteiger partial charge in [-0.15, -0.1) is 0 Å². The maximum absolute atomic E-state index is 14.0. The molecule has 0 radical (unpaired) electrons. The SMILES string of the molecule is CC(CC1C(=O)N(CCCCC(F)(F)C(F)(F)C(F)(F)C(F)(F)C(F)(F)C(F)(F)F)C(=O)C1C)c1ccccc1. The van der Waals surface area contributed by atoms with Crippen molar-refractivity contribution in [2.24, 2.45) is 11.8 Å². The number of hydrogen-bond acceptors (Lipinski definition) is 2. The number of amides is 2. The standard InChI is InChI=1S/C24H24F13NO2/c1-13(15-8-4-3-5-9-15)12-16-14(2)17(39)38(18(16)40)11-7-6-10-19(25,26)20(27,28)21(29,30)22(31,32)23(33,34)24(35,36)37/h3-5,8-9,13-14,16H,6-7,10-12H2,1-2H3. The van der Waals surface area contributed by atoms with Gasteiger partial charge in [-0.3, -0.25) is 14.5 Å². The van der Waals surface area contributed by atoms with E-state index in [0.717, 1.165) is 5.56 Å². The van der Waals surface area contributed by atoms with Gasteiger partial charge in [-0.2, -0.15) is 57.1 Å². The maximum Gasteiger partial charge on any atom is 0.460 e. The van der Waals surface area contributed by atoms with Crippen molar-refractivity contribution in [1.82, 2.24) is 4.90 Å². The Morgan fingerprint density at radius 1 is 0.725 bits per heavy atom. The first-order chi connectivity index (χ1) is 18.0. The van der Waals surface area contributed by atoms with Gasteiger partial charge in [0, 0.05) is 18.9 Å². The molecular weight excluding hydrogens is 581 g/mol. The van der Waals surface area contributed by atoms with Crippen LogP contribution in [0.5, 0.6) is 0 Å². The number of likely N-dealkylation sites (tertiary alicyclic amines) is 1. The van der Waals surface area contributed by atoms with Crippen molar-refractivity contribution in [3.63, 3.8) is 0 Å². The van der Waals surface area contributed by atoms with Crippen molar-refractivity contribution in [2.75, 3.05) is 6.54 Å². The zero-order valence-electron chi connectivity index (χ0n) is 20.8. The van der Waals surface area contributed by atoms with Crippen molar-refractivity contribution in [3.8, 4) is 0 Å². The van der Waals surface area contributed by atoms with E-state index in [9.17, 15) is 66.7 Å². The van der Waals surface area contributed by atoms with Gasteiger partial charge in [-0.05, 0) is 30.7 Å². The molecular formula is C24H24F13NO2.